The lowest BCUT2D eigenvalue weighted by molar-refractivity contribution is -0.385. The number of nitro groups is 1. The zero-order valence-corrected chi connectivity index (χ0v) is 12.3. The largest absolute Gasteiger partial charge is 0.319 e. The van der Waals surface area contributed by atoms with E-state index in [4.69, 9.17) is 11.6 Å². The number of aromatic nitrogens is 3. The second kappa shape index (κ2) is 5.49. The molecular weight excluding hydrogens is 298 g/mol. The number of halogens is 1. The highest BCUT2D eigenvalue weighted by molar-refractivity contribution is 6.33. The van der Waals surface area contributed by atoms with Crippen LogP contribution in [0.5, 0.6) is 0 Å². The standard InChI is InChI=1S/C12H12ClN5O3/c1-6-10(7(2)17(3)16-6)15-12(19)9-4-8(18(20)21)5-14-11(9)13/h4-5H,1-3H3,(H,15,19). The van der Waals surface area contributed by atoms with Crippen LogP contribution in [0.15, 0.2) is 12.3 Å². The van der Waals surface area contributed by atoms with Gasteiger partial charge in [0.15, 0.2) is 0 Å². The molecular formula is C12H12ClN5O3. The highest BCUT2D eigenvalue weighted by Crippen LogP contribution is 2.23. The summed E-state index contributed by atoms with van der Waals surface area (Å²) >= 11 is 5.83. The number of anilines is 1. The fourth-order valence-corrected chi connectivity index (χ4v) is 2.02. The molecule has 0 spiro atoms. The summed E-state index contributed by atoms with van der Waals surface area (Å²) in [4.78, 5) is 26.0. The van der Waals surface area contributed by atoms with Crippen molar-refractivity contribution in [2.75, 3.05) is 5.32 Å². The van der Waals surface area contributed by atoms with E-state index in [1.807, 2.05) is 0 Å². The topological polar surface area (TPSA) is 103 Å². The highest BCUT2D eigenvalue weighted by atomic mass is 35.5. The summed E-state index contributed by atoms with van der Waals surface area (Å²) in [7, 11) is 1.75. The summed E-state index contributed by atoms with van der Waals surface area (Å²) in [5, 5.41) is 17.5. The number of carbonyl (C=O) groups is 1. The average molecular weight is 310 g/mol. The summed E-state index contributed by atoms with van der Waals surface area (Å²) in [6, 6.07) is 1.09. The number of amides is 1. The molecule has 0 radical (unpaired) electrons. The van der Waals surface area contributed by atoms with Crippen molar-refractivity contribution in [3.8, 4) is 0 Å². The van der Waals surface area contributed by atoms with Gasteiger partial charge >= 0.3 is 0 Å². The molecule has 0 aliphatic rings. The number of hydrogen-bond acceptors (Lipinski definition) is 5. The zero-order chi connectivity index (χ0) is 15.7. The van der Waals surface area contributed by atoms with Crippen LogP contribution in [0.1, 0.15) is 21.7 Å². The molecule has 2 rings (SSSR count). The smallest absolute Gasteiger partial charge is 0.288 e. The lowest BCUT2D eigenvalue weighted by Gasteiger charge is -2.06. The van der Waals surface area contributed by atoms with Crippen LogP contribution in [0.25, 0.3) is 0 Å². The molecule has 0 saturated heterocycles. The van der Waals surface area contributed by atoms with Crippen molar-refractivity contribution in [1.29, 1.82) is 0 Å². The normalized spacial score (nSPS) is 10.5. The Balaban J connectivity index is 2.36. The molecule has 2 aromatic heterocycles. The number of aryl methyl sites for hydroxylation is 2. The van der Waals surface area contributed by atoms with E-state index in [0.717, 1.165) is 18.0 Å². The molecule has 21 heavy (non-hydrogen) atoms. The van der Waals surface area contributed by atoms with Gasteiger partial charge in [0.2, 0.25) is 0 Å². The number of nitrogens with one attached hydrogen (secondary N) is 1. The molecule has 0 atom stereocenters. The molecule has 0 fully saturated rings. The first kappa shape index (κ1) is 14.9. The summed E-state index contributed by atoms with van der Waals surface area (Å²) in [6.07, 6.45) is 1.000. The molecule has 0 unspecified atom stereocenters. The number of rotatable bonds is 3. The number of pyridine rings is 1. The van der Waals surface area contributed by atoms with E-state index in [0.29, 0.717) is 11.4 Å². The van der Waals surface area contributed by atoms with Crippen LogP contribution in [-0.4, -0.2) is 25.6 Å². The van der Waals surface area contributed by atoms with Crippen molar-refractivity contribution >= 4 is 28.9 Å². The minimum absolute atomic E-state index is 0.0616. The van der Waals surface area contributed by atoms with Crippen LogP contribution in [0.3, 0.4) is 0 Å². The Hall–Kier alpha value is -2.48. The molecule has 1 N–H and O–H groups in total. The first-order chi connectivity index (χ1) is 9.81. The Morgan fingerprint density at radius 1 is 1.48 bits per heavy atom. The minimum Gasteiger partial charge on any atom is -0.319 e. The first-order valence-corrected chi connectivity index (χ1v) is 6.30. The molecule has 110 valence electrons. The van der Waals surface area contributed by atoms with E-state index in [9.17, 15) is 14.9 Å². The van der Waals surface area contributed by atoms with E-state index in [2.05, 4.69) is 15.4 Å². The van der Waals surface area contributed by atoms with E-state index >= 15 is 0 Å². The molecule has 0 bridgehead atoms. The maximum absolute atomic E-state index is 12.2. The summed E-state index contributed by atoms with van der Waals surface area (Å²) in [6.45, 7) is 3.54. The third-order valence-electron chi connectivity index (χ3n) is 3.03. The van der Waals surface area contributed by atoms with Gasteiger partial charge in [0.25, 0.3) is 11.6 Å². The lowest BCUT2D eigenvalue weighted by Crippen LogP contribution is -2.14. The summed E-state index contributed by atoms with van der Waals surface area (Å²) < 4.78 is 1.62. The van der Waals surface area contributed by atoms with Crippen molar-refractivity contribution in [2.24, 2.45) is 7.05 Å². The molecule has 1 amide bonds. The van der Waals surface area contributed by atoms with Crippen molar-refractivity contribution in [1.82, 2.24) is 14.8 Å². The van der Waals surface area contributed by atoms with Crippen LogP contribution in [0, 0.1) is 24.0 Å². The van der Waals surface area contributed by atoms with Gasteiger partial charge in [-0.25, -0.2) is 4.98 Å². The van der Waals surface area contributed by atoms with E-state index in [-0.39, 0.29) is 16.4 Å². The third kappa shape index (κ3) is 2.84. The van der Waals surface area contributed by atoms with Crippen LogP contribution in [0.4, 0.5) is 11.4 Å². The molecule has 2 heterocycles. The second-order valence-electron chi connectivity index (χ2n) is 4.41. The van der Waals surface area contributed by atoms with Crippen molar-refractivity contribution in [3.63, 3.8) is 0 Å². The molecule has 0 saturated carbocycles. The Bertz CT molecular complexity index is 741. The highest BCUT2D eigenvalue weighted by Gasteiger charge is 2.19. The van der Waals surface area contributed by atoms with Crippen molar-refractivity contribution < 1.29 is 9.72 Å². The maximum Gasteiger partial charge on any atom is 0.288 e. The van der Waals surface area contributed by atoms with Crippen molar-refractivity contribution in [2.45, 2.75) is 13.8 Å². The predicted octanol–water partition coefficient (Wildman–Crippen LogP) is 2.25. The fourth-order valence-electron chi connectivity index (χ4n) is 1.83. The third-order valence-corrected chi connectivity index (χ3v) is 3.33. The fraction of sp³-hybridized carbons (Fsp3) is 0.250. The van der Waals surface area contributed by atoms with E-state index in [1.165, 1.54) is 0 Å². The first-order valence-electron chi connectivity index (χ1n) is 5.92. The van der Waals surface area contributed by atoms with Crippen LogP contribution >= 0.6 is 11.6 Å². The molecule has 0 aliphatic heterocycles. The van der Waals surface area contributed by atoms with Crippen LogP contribution in [0.2, 0.25) is 5.15 Å². The lowest BCUT2D eigenvalue weighted by atomic mass is 10.2. The van der Waals surface area contributed by atoms with E-state index < -0.39 is 10.8 Å². The minimum atomic E-state index is -0.638. The SMILES string of the molecule is Cc1nn(C)c(C)c1NC(=O)c1cc([N+](=O)[O-])cnc1Cl. The Kier molecular flexibility index (Phi) is 3.90. The van der Waals surface area contributed by atoms with Gasteiger partial charge in [-0.15, -0.1) is 0 Å². The monoisotopic (exact) mass is 309 g/mol. The number of carbonyl (C=O) groups excluding carboxylic acids is 1. The maximum atomic E-state index is 12.2. The molecule has 9 heteroatoms. The molecule has 2 aromatic rings. The second-order valence-corrected chi connectivity index (χ2v) is 4.77. The van der Waals surface area contributed by atoms with Gasteiger partial charge in [-0.05, 0) is 13.8 Å². The number of hydrogen-bond donors (Lipinski definition) is 1. The van der Waals surface area contributed by atoms with Crippen LogP contribution < -0.4 is 5.32 Å². The quantitative estimate of drug-likeness (QED) is 0.532. The zero-order valence-electron chi connectivity index (χ0n) is 11.5. The number of nitrogens with zero attached hydrogens (tertiary/aromatic N) is 4. The Morgan fingerprint density at radius 2 is 2.14 bits per heavy atom. The van der Waals surface area contributed by atoms with Gasteiger partial charge < -0.3 is 5.32 Å². The van der Waals surface area contributed by atoms with Gasteiger partial charge in [0.05, 0.1) is 27.6 Å². The summed E-state index contributed by atoms with van der Waals surface area (Å²) in [5.74, 6) is -0.574. The van der Waals surface area contributed by atoms with Crippen LogP contribution in [-0.2, 0) is 7.05 Å². The summed E-state index contributed by atoms with van der Waals surface area (Å²) in [5.41, 5.74) is 1.58. The molecule has 0 aliphatic carbocycles. The Labute approximate surface area is 124 Å². The van der Waals surface area contributed by atoms with Gasteiger partial charge in [-0.2, -0.15) is 5.10 Å². The average Bonchev–Trinajstić information content (AvgIpc) is 2.65. The van der Waals surface area contributed by atoms with Gasteiger partial charge in [-0.1, -0.05) is 11.6 Å². The van der Waals surface area contributed by atoms with Gasteiger partial charge in [0.1, 0.15) is 11.3 Å². The Morgan fingerprint density at radius 3 is 2.67 bits per heavy atom. The predicted molar refractivity (Wildman–Crippen MR) is 76.5 cm³/mol. The molecule has 8 nitrogen and oxygen atoms in total. The van der Waals surface area contributed by atoms with Crippen molar-refractivity contribution in [3.05, 3.63) is 44.5 Å². The van der Waals surface area contributed by atoms with E-state index in [1.54, 1.807) is 25.6 Å². The molecule has 0 aromatic carbocycles. The van der Waals surface area contributed by atoms with Gasteiger partial charge in [-0.3, -0.25) is 19.6 Å². The van der Waals surface area contributed by atoms with Gasteiger partial charge in [0, 0.05) is 13.1 Å².